The third kappa shape index (κ3) is 4.34. The molecule has 1 aromatic carbocycles. The van der Waals surface area contributed by atoms with Crippen LogP contribution in [0.3, 0.4) is 0 Å². The van der Waals surface area contributed by atoms with Gasteiger partial charge in [-0.05, 0) is 37.3 Å². The standard InChI is InChI=1S/C21H24F3N3O3/c1-12(2)11-17(27-19(29)13-7-3-4-8-14(13)20(27)30)18(28)26-25-16-10-6-5-9-15(16)21(22,23)24/h3-6,9-10,12-14,17,25H,7-8,11H2,1-2H3,(H,26,28). The van der Waals surface area contributed by atoms with Crippen LogP contribution in [0, 0.1) is 17.8 Å². The first-order valence-corrected chi connectivity index (χ1v) is 9.85. The fourth-order valence-electron chi connectivity index (χ4n) is 3.96. The second-order valence-electron chi connectivity index (χ2n) is 8.01. The van der Waals surface area contributed by atoms with Gasteiger partial charge in [0, 0.05) is 0 Å². The van der Waals surface area contributed by atoms with E-state index in [4.69, 9.17) is 0 Å². The summed E-state index contributed by atoms with van der Waals surface area (Å²) in [5.74, 6) is -2.51. The molecule has 1 fully saturated rings. The average Bonchev–Trinajstić information content (AvgIpc) is 2.94. The van der Waals surface area contributed by atoms with Crippen LogP contribution in [0.15, 0.2) is 36.4 Å². The maximum atomic E-state index is 13.2. The third-order valence-corrected chi connectivity index (χ3v) is 5.40. The summed E-state index contributed by atoms with van der Waals surface area (Å²) in [5.41, 5.74) is 3.32. The second-order valence-corrected chi connectivity index (χ2v) is 8.01. The number of anilines is 1. The molecule has 162 valence electrons. The summed E-state index contributed by atoms with van der Waals surface area (Å²) in [6, 6.07) is 3.63. The SMILES string of the molecule is CC(C)CC(C(=O)NNc1ccccc1C(F)(F)F)N1C(=O)C2CC=CCC2C1=O. The molecule has 3 amide bonds. The van der Waals surface area contributed by atoms with Crippen molar-refractivity contribution in [2.75, 3.05) is 5.43 Å². The third-order valence-electron chi connectivity index (χ3n) is 5.40. The molecule has 2 aliphatic rings. The van der Waals surface area contributed by atoms with Crippen LogP contribution in [0.1, 0.15) is 38.7 Å². The molecule has 30 heavy (non-hydrogen) atoms. The number of carbonyl (C=O) groups is 3. The number of hydrogen-bond donors (Lipinski definition) is 2. The highest BCUT2D eigenvalue weighted by molar-refractivity contribution is 6.08. The molecule has 0 saturated carbocycles. The Hall–Kier alpha value is -2.84. The molecule has 9 heteroatoms. The Bertz CT molecular complexity index is 841. The molecule has 3 atom stereocenters. The zero-order valence-electron chi connectivity index (χ0n) is 16.7. The highest BCUT2D eigenvalue weighted by Gasteiger charge is 2.51. The maximum Gasteiger partial charge on any atom is 0.418 e. The molecule has 0 bridgehead atoms. The van der Waals surface area contributed by atoms with Crippen molar-refractivity contribution in [3.05, 3.63) is 42.0 Å². The lowest BCUT2D eigenvalue weighted by atomic mass is 9.85. The molecule has 0 aromatic heterocycles. The van der Waals surface area contributed by atoms with Crippen molar-refractivity contribution in [2.45, 2.75) is 45.3 Å². The Balaban J connectivity index is 1.79. The van der Waals surface area contributed by atoms with E-state index in [9.17, 15) is 27.6 Å². The van der Waals surface area contributed by atoms with Crippen molar-refractivity contribution in [3.63, 3.8) is 0 Å². The minimum atomic E-state index is -4.60. The van der Waals surface area contributed by atoms with E-state index in [0.29, 0.717) is 12.8 Å². The molecule has 0 radical (unpaired) electrons. The number of benzene rings is 1. The Morgan fingerprint density at radius 2 is 1.67 bits per heavy atom. The molecular formula is C21H24F3N3O3. The number of nitrogens with zero attached hydrogens (tertiary/aromatic N) is 1. The summed E-state index contributed by atoms with van der Waals surface area (Å²) in [5, 5.41) is 0. The Labute approximate surface area is 172 Å². The van der Waals surface area contributed by atoms with Crippen LogP contribution in [0.2, 0.25) is 0 Å². The van der Waals surface area contributed by atoms with Gasteiger partial charge in [-0.1, -0.05) is 38.1 Å². The first-order valence-electron chi connectivity index (χ1n) is 9.85. The van der Waals surface area contributed by atoms with Crippen molar-refractivity contribution < 1.29 is 27.6 Å². The zero-order valence-corrected chi connectivity index (χ0v) is 16.7. The lowest BCUT2D eigenvalue weighted by Crippen LogP contribution is -2.51. The molecule has 1 heterocycles. The van der Waals surface area contributed by atoms with Gasteiger partial charge in [0.1, 0.15) is 6.04 Å². The summed E-state index contributed by atoms with van der Waals surface area (Å²) in [7, 11) is 0. The van der Waals surface area contributed by atoms with Crippen molar-refractivity contribution in [1.82, 2.24) is 10.3 Å². The molecular weight excluding hydrogens is 399 g/mol. The van der Waals surface area contributed by atoms with Crippen molar-refractivity contribution in [2.24, 2.45) is 17.8 Å². The van der Waals surface area contributed by atoms with E-state index in [0.717, 1.165) is 11.0 Å². The van der Waals surface area contributed by atoms with Gasteiger partial charge in [0.2, 0.25) is 11.8 Å². The molecule has 1 aliphatic heterocycles. The molecule has 1 aromatic rings. The molecule has 3 unspecified atom stereocenters. The lowest BCUT2D eigenvalue weighted by molar-refractivity contribution is -0.148. The fraction of sp³-hybridized carbons (Fsp3) is 0.476. The average molecular weight is 423 g/mol. The van der Waals surface area contributed by atoms with Crippen LogP contribution < -0.4 is 10.9 Å². The summed E-state index contributed by atoms with van der Waals surface area (Å²) >= 11 is 0. The molecule has 3 rings (SSSR count). The van der Waals surface area contributed by atoms with Gasteiger partial charge in [0.25, 0.3) is 5.91 Å². The minimum absolute atomic E-state index is 0.0236. The number of fused-ring (bicyclic) bond motifs is 1. The number of amides is 3. The van der Waals surface area contributed by atoms with Gasteiger partial charge in [-0.2, -0.15) is 13.2 Å². The van der Waals surface area contributed by atoms with E-state index in [2.05, 4.69) is 10.9 Å². The first kappa shape index (κ1) is 21.9. The number of carbonyl (C=O) groups excluding carboxylic acids is 3. The second kappa shape index (κ2) is 8.49. The predicted molar refractivity (Wildman–Crippen MR) is 104 cm³/mol. The van der Waals surface area contributed by atoms with Gasteiger partial charge < -0.3 is 0 Å². The Kier molecular flexibility index (Phi) is 6.19. The number of hydrogen-bond acceptors (Lipinski definition) is 4. The lowest BCUT2D eigenvalue weighted by Gasteiger charge is -2.27. The van der Waals surface area contributed by atoms with Crippen molar-refractivity contribution >= 4 is 23.4 Å². The van der Waals surface area contributed by atoms with E-state index >= 15 is 0 Å². The summed E-state index contributed by atoms with van der Waals surface area (Å²) in [6.45, 7) is 3.68. The maximum absolute atomic E-state index is 13.2. The number of rotatable bonds is 6. The highest BCUT2D eigenvalue weighted by atomic mass is 19.4. The van der Waals surface area contributed by atoms with E-state index in [1.54, 1.807) is 0 Å². The van der Waals surface area contributed by atoms with Gasteiger partial charge >= 0.3 is 6.18 Å². The number of alkyl halides is 3. The van der Waals surface area contributed by atoms with E-state index in [1.165, 1.54) is 18.2 Å². The minimum Gasteiger partial charge on any atom is -0.298 e. The number of para-hydroxylation sites is 1. The summed E-state index contributed by atoms with van der Waals surface area (Å²) < 4.78 is 39.5. The summed E-state index contributed by atoms with van der Waals surface area (Å²) in [6.07, 6.45) is 0.192. The number of imide groups is 1. The van der Waals surface area contributed by atoms with E-state index < -0.39 is 47.3 Å². The van der Waals surface area contributed by atoms with Crippen LogP contribution >= 0.6 is 0 Å². The topological polar surface area (TPSA) is 78.5 Å². The van der Waals surface area contributed by atoms with Crippen LogP contribution in [0.25, 0.3) is 0 Å². The summed E-state index contributed by atoms with van der Waals surface area (Å²) in [4.78, 5) is 39.6. The zero-order chi connectivity index (χ0) is 22.1. The molecule has 1 saturated heterocycles. The molecule has 6 nitrogen and oxygen atoms in total. The van der Waals surface area contributed by atoms with Crippen LogP contribution in [0.4, 0.5) is 18.9 Å². The number of halogens is 3. The Morgan fingerprint density at radius 3 is 2.20 bits per heavy atom. The van der Waals surface area contributed by atoms with Gasteiger partial charge in [-0.25, -0.2) is 0 Å². The van der Waals surface area contributed by atoms with E-state index in [-0.39, 0.29) is 18.0 Å². The molecule has 0 spiro atoms. The smallest absolute Gasteiger partial charge is 0.298 e. The largest absolute Gasteiger partial charge is 0.418 e. The number of likely N-dealkylation sites (tertiary alicyclic amines) is 1. The van der Waals surface area contributed by atoms with Crippen LogP contribution in [-0.4, -0.2) is 28.7 Å². The Morgan fingerprint density at radius 1 is 1.10 bits per heavy atom. The normalized spacial score (nSPS) is 22.3. The van der Waals surface area contributed by atoms with E-state index in [1.807, 2.05) is 26.0 Å². The quantitative estimate of drug-likeness (QED) is 0.417. The first-order chi connectivity index (χ1) is 14.1. The van der Waals surface area contributed by atoms with Crippen LogP contribution in [-0.2, 0) is 20.6 Å². The number of allylic oxidation sites excluding steroid dienone is 2. The number of nitrogens with one attached hydrogen (secondary N) is 2. The highest BCUT2D eigenvalue weighted by Crippen LogP contribution is 2.37. The number of hydrazine groups is 1. The monoisotopic (exact) mass is 423 g/mol. The van der Waals surface area contributed by atoms with Gasteiger partial charge in [0.15, 0.2) is 0 Å². The molecule has 2 N–H and O–H groups in total. The van der Waals surface area contributed by atoms with Crippen molar-refractivity contribution in [3.8, 4) is 0 Å². The fourth-order valence-corrected chi connectivity index (χ4v) is 3.96. The van der Waals surface area contributed by atoms with Gasteiger partial charge in [-0.3, -0.25) is 30.1 Å². The van der Waals surface area contributed by atoms with Gasteiger partial charge in [0.05, 0.1) is 23.1 Å². The van der Waals surface area contributed by atoms with Crippen LogP contribution in [0.5, 0.6) is 0 Å². The van der Waals surface area contributed by atoms with Gasteiger partial charge in [-0.15, -0.1) is 0 Å². The molecule has 1 aliphatic carbocycles. The van der Waals surface area contributed by atoms with Crippen molar-refractivity contribution in [1.29, 1.82) is 0 Å². The predicted octanol–water partition coefficient (Wildman–Crippen LogP) is 3.51.